The first-order chi connectivity index (χ1) is 19.4. The van der Waals surface area contributed by atoms with E-state index in [1.807, 2.05) is 86.6 Å². The molecule has 0 unspecified atom stereocenters. The number of rotatable bonds is 9. The van der Waals surface area contributed by atoms with Crippen LogP contribution in [0, 0.1) is 5.82 Å². The normalized spacial score (nSPS) is 11.1. The van der Waals surface area contributed by atoms with Crippen LogP contribution >= 0.6 is 11.6 Å². The number of hydrogen-bond donors (Lipinski definition) is 1. The second kappa shape index (κ2) is 12.3. The Labute approximate surface area is 239 Å². The Morgan fingerprint density at radius 1 is 0.850 bits per heavy atom. The lowest BCUT2D eigenvalue weighted by Gasteiger charge is -2.24. The van der Waals surface area contributed by atoms with Gasteiger partial charge in [-0.2, -0.15) is 0 Å². The van der Waals surface area contributed by atoms with Gasteiger partial charge in [0.15, 0.2) is 0 Å². The van der Waals surface area contributed by atoms with E-state index in [4.69, 9.17) is 16.3 Å². The van der Waals surface area contributed by atoms with Crippen molar-refractivity contribution in [2.75, 3.05) is 11.6 Å². The van der Waals surface area contributed by atoms with Crippen molar-refractivity contribution in [2.24, 2.45) is 0 Å². The van der Waals surface area contributed by atoms with Crippen LogP contribution in [0.2, 0.25) is 5.02 Å². The molecule has 40 heavy (non-hydrogen) atoms. The van der Waals surface area contributed by atoms with Gasteiger partial charge in [-0.05, 0) is 71.1 Å². The highest BCUT2D eigenvalue weighted by Crippen LogP contribution is 2.40. The summed E-state index contributed by atoms with van der Waals surface area (Å²) in [6.07, 6.45) is 0. The van der Waals surface area contributed by atoms with Crippen molar-refractivity contribution < 1.29 is 13.9 Å². The lowest BCUT2D eigenvalue weighted by atomic mass is 9.94. The molecule has 0 saturated carbocycles. The van der Waals surface area contributed by atoms with Gasteiger partial charge in [0.05, 0.1) is 17.9 Å². The Bertz CT molecular complexity index is 1560. The zero-order valence-electron chi connectivity index (χ0n) is 22.4. The smallest absolute Gasteiger partial charge is 0.262 e. The molecule has 0 aliphatic carbocycles. The summed E-state index contributed by atoms with van der Waals surface area (Å²) < 4.78 is 19.9. The molecule has 5 aromatic rings. The lowest BCUT2D eigenvalue weighted by molar-refractivity contribution is 0.0855. The summed E-state index contributed by atoms with van der Waals surface area (Å²) in [5.74, 6) is -0.517. The monoisotopic (exact) mass is 552 g/mol. The highest BCUT2D eigenvalue weighted by atomic mass is 35.5. The molecule has 1 amide bonds. The quantitative estimate of drug-likeness (QED) is 0.185. The van der Waals surface area contributed by atoms with Crippen LogP contribution in [0.25, 0.3) is 22.4 Å². The number of H-pyrrole nitrogens is 1. The van der Waals surface area contributed by atoms with E-state index in [9.17, 15) is 9.18 Å². The first-order valence-electron chi connectivity index (χ1n) is 13.2. The van der Waals surface area contributed by atoms with Crippen molar-refractivity contribution in [3.05, 3.63) is 137 Å². The van der Waals surface area contributed by atoms with Gasteiger partial charge in [0, 0.05) is 22.0 Å². The zero-order valence-corrected chi connectivity index (χ0v) is 23.2. The molecular weight excluding hydrogens is 523 g/mol. The molecule has 0 saturated heterocycles. The molecule has 0 radical (unpaired) electrons. The minimum atomic E-state index is -0.318. The number of carbonyl (C=O) groups excluding carboxylic acids is 1. The van der Waals surface area contributed by atoms with Gasteiger partial charge in [0.2, 0.25) is 0 Å². The second-order valence-electron chi connectivity index (χ2n) is 9.86. The molecule has 0 aliphatic heterocycles. The van der Waals surface area contributed by atoms with Crippen LogP contribution in [0.4, 0.5) is 10.1 Å². The number of hydrogen-bond acceptors (Lipinski definition) is 2. The number of halogens is 2. The predicted octanol–water partition coefficient (Wildman–Crippen LogP) is 9.09. The van der Waals surface area contributed by atoms with Gasteiger partial charge >= 0.3 is 0 Å². The van der Waals surface area contributed by atoms with Gasteiger partial charge in [-0.1, -0.05) is 86.1 Å². The molecule has 1 heterocycles. The number of anilines is 1. The largest absolute Gasteiger partial charge is 0.357 e. The van der Waals surface area contributed by atoms with Crippen LogP contribution < -0.4 is 4.90 Å². The van der Waals surface area contributed by atoms with Gasteiger partial charge in [-0.15, -0.1) is 0 Å². The fraction of sp³-hybridized carbons (Fsp3) is 0.147. The SMILES string of the molecule is CC(C)c1[nH]c(-c2ccc(F)cc2)c(-c2ccccc2)c1C(=O)N(COCc1ccccc1)c1ccc(Cl)cc1. The molecule has 0 aliphatic rings. The molecule has 0 fully saturated rings. The van der Waals surface area contributed by atoms with E-state index < -0.39 is 0 Å². The third-order valence-electron chi connectivity index (χ3n) is 6.73. The van der Waals surface area contributed by atoms with Crippen molar-refractivity contribution in [1.29, 1.82) is 0 Å². The minimum absolute atomic E-state index is 0.00733. The third kappa shape index (κ3) is 6.01. The summed E-state index contributed by atoms with van der Waals surface area (Å²) in [5.41, 5.74) is 6.24. The molecule has 0 bridgehead atoms. The summed E-state index contributed by atoms with van der Waals surface area (Å²) in [5, 5.41) is 0.578. The first kappa shape index (κ1) is 27.4. The van der Waals surface area contributed by atoms with E-state index in [0.29, 0.717) is 22.9 Å². The standard InChI is InChI=1S/C34H30ClFN2O2/c1-23(2)32-31(30(25-11-7-4-8-12-25)33(37-32)26-13-17-28(36)18-14-26)34(39)38(29-19-15-27(35)16-20-29)22-40-21-24-9-5-3-6-10-24/h3-20,23,37H,21-22H2,1-2H3. The Kier molecular flexibility index (Phi) is 8.44. The van der Waals surface area contributed by atoms with Gasteiger partial charge < -0.3 is 9.72 Å². The molecule has 202 valence electrons. The van der Waals surface area contributed by atoms with Crippen LogP contribution in [-0.2, 0) is 11.3 Å². The molecule has 0 atom stereocenters. The summed E-state index contributed by atoms with van der Waals surface area (Å²) >= 11 is 6.19. The summed E-state index contributed by atoms with van der Waals surface area (Å²) in [7, 11) is 0. The molecule has 6 heteroatoms. The maximum atomic E-state index is 14.6. The van der Waals surface area contributed by atoms with Crippen LogP contribution in [0.1, 0.15) is 41.4 Å². The second-order valence-corrected chi connectivity index (χ2v) is 10.3. The average Bonchev–Trinajstić information content (AvgIpc) is 3.38. The molecule has 4 nitrogen and oxygen atoms in total. The van der Waals surface area contributed by atoms with Crippen molar-refractivity contribution in [2.45, 2.75) is 26.4 Å². The fourth-order valence-electron chi connectivity index (χ4n) is 4.74. The van der Waals surface area contributed by atoms with Crippen LogP contribution in [0.15, 0.2) is 109 Å². The molecule has 1 N–H and O–H groups in total. The van der Waals surface area contributed by atoms with E-state index in [2.05, 4.69) is 4.98 Å². The molecular formula is C34H30ClFN2O2. The number of amides is 1. The molecule has 1 aromatic heterocycles. The van der Waals surface area contributed by atoms with Crippen LogP contribution in [0.5, 0.6) is 0 Å². The topological polar surface area (TPSA) is 45.3 Å². The van der Waals surface area contributed by atoms with Crippen LogP contribution in [-0.4, -0.2) is 17.6 Å². The highest BCUT2D eigenvalue weighted by molar-refractivity contribution is 6.30. The van der Waals surface area contributed by atoms with E-state index in [0.717, 1.165) is 33.6 Å². The number of benzene rings is 4. The summed E-state index contributed by atoms with van der Waals surface area (Å²) in [6.45, 7) is 4.49. The lowest BCUT2D eigenvalue weighted by Crippen LogP contribution is -2.34. The van der Waals surface area contributed by atoms with Gasteiger partial charge in [0.25, 0.3) is 5.91 Å². The van der Waals surface area contributed by atoms with Crippen LogP contribution in [0.3, 0.4) is 0 Å². The fourth-order valence-corrected chi connectivity index (χ4v) is 4.86. The summed E-state index contributed by atoms with van der Waals surface area (Å²) in [6, 6.07) is 33.1. The maximum absolute atomic E-state index is 14.6. The van der Waals surface area contributed by atoms with E-state index in [1.165, 1.54) is 12.1 Å². The van der Waals surface area contributed by atoms with E-state index >= 15 is 0 Å². The molecule has 4 aromatic carbocycles. The highest BCUT2D eigenvalue weighted by Gasteiger charge is 2.30. The molecule has 5 rings (SSSR count). The Morgan fingerprint density at radius 2 is 1.48 bits per heavy atom. The van der Waals surface area contributed by atoms with E-state index in [-0.39, 0.29) is 24.4 Å². The number of aromatic nitrogens is 1. The summed E-state index contributed by atoms with van der Waals surface area (Å²) in [4.78, 5) is 19.8. The van der Waals surface area contributed by atoms with Gasteiger partial charge in [-0.25, -0.2) is 4.39 Å². The average molecular weight is 553 g/mol. The first-order valence-corrected chi connectivity index (χ1v) is 13.6. The Hall–Kier alpha value is -4.19. The number of nitrogens with one attached hydrogen (secondary N) is 1. The number of aromatic amines is 1. The number of nitrogens with zero attached hydrogens (tertiary/aromatic N) is 1. The Morgan fingerprint density at radius 3 is 2.10 bits per heavy atom. The van der Waals surface area contributed by atoms with Crippen molar-refractivity contribution in [3.8, 4) is 22.4 Å². The molecule has 0 spiro atoms. The van der Waals surface area contributed by atoms with E-state index in [1.54, 1.807) is 29.2 Å². The van der Waals surface area contributed by atoms with Gasteiger partial charge in [-0.3, -0.25) is 9.69 Å². The number of carbonyl (C=O) groups is 1. The third-order valence-corrected chi connectivity index (χ3v) is 6.98. The zero-order chi connectivity index (χ0) is 28.1. The maximum Gasteiger partial charge on any atom is 0.262 e. The number of ether oxygens (including phenoxy) is 1. The predicted molar refractivity (Wildman–Crippen MR) is 160 cm³/mol. The van der Waals surface area contributed by atoms with Crippen molar-refractivity contribution >= 4 is 23.2 Å². The van der Waals surface area contributed by atoms with Crippen molar-refractivity contribution in [3.63, 3.8) is 0 Å². The minimum Gasteiger partial charge on any atom is -0.357 e. The Balaban J connectivity index is 1.63. The van der Waals surface area contributed by atoms with Gasteiger partial charge in [0.1, 0.15) is 12.5 Å². The van der Waals surface area contributed by atoms with Crippen molar-refractivity contribution in [1.82, 2.24) is 4.98 Å².